The van der Waals surface area contributed by atoms with Crippen molar-refractivity contribution in [1.82, 2.24) is 5.32 Å². The zero-order chi connectivity index (χ0) is 21.9. The number of amides is 2. The van der Waals surface area contributed by atoms with Gasteiger partial charge < -0.3 is 20.5 Å². The topological polar surface area (TPSA) is 101 Å². The third-order valence-corrected chi connectivity index (χ3v) is 3.45. The number of carbonyl (C=O) groups is 1. The van der Waals surface area contributed by atoms with E-state index in [1.165, 1.54) is 20.9 Å². The zero-order valence-corrected chi connectivity index (χ0v) is 15.0. The highest BCUT2D eigenvalue weighted by Crippen LogP contribution is 2.45. The highest BCUT2D eigenvalue weighted by Gasteiger charge is 2.39. The Kier molecular flexibility index (Phi) is 6.99. The lowest BCUT2D eigenvalue weighted by Gasteiger charge is -2.28. The van der Waals surface area contributed by atoms with E-state index < -0.39 is 41.8 Å². The van der Waals surface area contributed by atoms with Gasteiger partial charge in [0.15, 0.2) is 11.5 Å². The molecule has 0 saturated heterocycles. The van der Waals surface area contributed by atoms with Gasteiger partial charge in [-0.25, -0.2) is 9.69 Å². The van der Waals surface area contributed by atoms with Gasteiger partial charge in [-0.15, -0.1) is 26.3 Å². The van der Waals surface area contributed by atoms with Gasteiger partial charge in [0.25, 0.3) is 0 Å². The molecular weight excluding hydrogens is 398 g/mol. The van der Waals surface area contributed by atoms with E-state index >= 15 is 0 Å². The van der Waals surface area contributed by atoms with Crippen LogP contribution in [0.15, 0.2) is 6.07 Å². The number of nitrogens with one attached hydrogen (secondary N) is 2. The first-order valence-corrected chi connectivity index (χ1v) is 7.81. The van der Waals surface area contributed by atoms with E-state index in [9.17, 15) is 31.1 Å². The van der Waals surface area contributed by atoms with Gasteiger partial charge in [0.1, 0.15) is 0 Å². The maximum Gasteiger partial charge on any atom is 0.573 e. The van der Waals surface area contributed by atoms with Crippen molar-refractivity contribution in [2.75, 3.05) is 11.9 Å². The quantitative estimate of drug-likeness (QED) is 0.388. The van der Waals surface area contributed by atoms with Gasteiger partial charge >= 0.3 is 18.8 Å². The number of halogens is 6. The van der Waals surface area contributed by atoms with E-state index in [4.69, 9.17) is 11.1 Å². The van der Waals surface area contributed by atoms with Crippen molar-refractivity contribution in [3.05, 3.63) is 17.2 Å². The van der Waals surface area contributed by atoms with Crippen molar-refractivity contribution in [3.63, 3.8) is 0 Å². The van der Waals surface area contributed by atoms with E-state index in [0.717, 1.165) is 0 Å². The maximum atomic E-state index is 12.9. The summed E-state index contributed by atoms with van der Waals surface area (Å²) in [5.41, 5.74) is 4.65. The maximum absolute atomic E-state index is 12.9. The summed E-state index contributed by atoms with van der Waals surface area (Å²) in [6.07, 6.45) is -10.9. The molecule has 0 aliphatic heterocycles. The molecule has 1 aromatic rings. The van der Waals surface area contributed by atoms with Crippen LogP contribution in [-0.2, 0) is 12.8 Å². The van der Waals surface area contributed by atoms with E-state index in [2.05, 4.69) is 14.8 Å². The number of nitrogens with zero attached hydrogens (tertiary/aromatic N) is 1. The van der Waals surface area contributed by atoms with Crippen molar-refractivity contribution in [1.29, 1.82) is 5.41 Å². The number of urea groups is 1. The summed E-state index contributed by atoms with van der Waals surface area (Å²) in [6, 6.07) is -0.304. The Morgan fingerprint density at radius 2 is 1.68 bits per heavy atom. The summed E-state index contributed by atoms with van der Waals surface area (Å²) in [4.78, 5) is 12.7. The molecule has 0 unspecified atom stereocenters. The largest absolute Gasteiger partial charge is 0.573 e. The second kappa shape index (κ2) is 8.44. The normalized spacial score (nSPS) is 11.8. The molecule has 0 bridgehead atoms. The minimum absolute atomic E-state index is 0.00979. The number of rotatable bonds is 5. The first-order valence-electron chi connectivity index (χ1n) is 7.81. The number of ether oxygens (including phenoxy) is 2. The van der Waals surface area contributed by atoms with Gasteiger partial charge in [-0.05, 0) is 24.5 Å². The number of nitrogens with two attached hydrogens (primary N) is 1. The van der Waals surface area contributed by atoms with Crippen LogP contribution in [-0.4, -0.2) is 31.8 Å². The molecule has 0 spiro atoms. The summed E-state index contributed by atoms with van der Waals surface area (Å²) >= 11 is 0. The van der Waals surface area contributed by atoms with Crippen LogP contribution in [0.25, 0.3) is 0 Å². The van der Waals surface area contributed by atoms with Gasteiger partial charge in [0.2, 0.25) is 5.96 Å². The first-order chi connectivity index (χ1) is 12.8. The van der Waals surface area contributed by atoms with Gasteiger partial charge in [0.05, 0.1) is 5.69 Å². The molecule has 4 N–H and O–H groups in total. The number of anilines is 1. The van der Waals surface area contributed by atoms with Crippen LogP contribution in [0.3, 0.4) is 0 Å². The highest BCUT2D eigenvalue weighted by atomic mass is 19.4. The second-order valence-corrected chi connectivity index (χ2v) is 5.27. The van der Waals surface area contributed by atoms with E-state index in [0.29, 0.717) is 11.0 Å². The third-order valence-electron chi connectivity index (χ3n) is 3.45. The lowest BCUT2D eigenvalue weighted by atomic mass is 9.99. The van der Waals surface area contributed by atoms with Crippen molar-refractivity contribution < 1.29 is 40.6 Å². The molecule has 2 amide bonds. The van der Waals surface area contributed by atoms with Crippen molar-refractivity contribution in [2.24, 2.45) is 5.73 Å². The summed E-state index contributed by atoms with van der Waals surface area (Å²) in [5, 5.41) is 9.74. The van der Waals surface area contributed by atoms with Gasteiger partial charge in [-0.3, -0.25) is 5.41 Å². The second-order valence-electron chi connectivity index (χ2n) is 5.27. The average Bonchev–Trinajstić information content (AvgIpc) is 2.54. The van der Waals surface area contributed by atoms with E-state index in [-0.39, 0.29) is 24.1 Å². The summed E-state index contributed by atoms with van der Waals surface area (Å²) in [7, 11) is 1.18. The minimum Gasteiger partial charge on any atom is -0.402 e. The SMILES string of the molecule is CCc1cc(OC(F)(F)F)c(OC(F)(F)F)c(CC)c1N(C(=N)N)C(=O)NC. The Hall–Kier alpha value is -2.86. The molecule has 1 aromatic carbocycles. The Morgan fingerprint density at radius 3 is 2.04 bits per heavy atom. The number of carbonyl (C=O) groups excluding carboxylic acids is 1. The van der Waals surface area contributed by atoms with Gasteiger partial charge in [0, 0.05) is 12.6 Å². The van der Waals surface area contributed by atoms with Crippen LogP contribution in [0.2, 0.25) is 0 Å². The molecule has 0 fully saturated rings. The van der Waals surface area contributed by atoms with Crippen molar-refractivity contribution in [3.8, 4) is 11.5 Å². The molecule has 0 saturated carbocycles. The molecule has 7 nitrogen and oxygen atoms in total. The monoisotopic (exact) mass is 416 g/mol. The predicted molar refractivity (Wildman–Crippen MR) is 87.4 cm³/mol. The fourth-order valence-corrected chi connectivity index (χ4v) is 2.49. The fraction of sp³-hybridized carbons (Fsp3) is 0.467. The standard InChI is InChI=1S/C15H18F6N4O3/c1-4-7-6-9(27-14(16,17)18)11(28-15(19,20)21)8(5-2)10(7)25(12(22)23)13(26)24-3/h6H,4-5H2,1-3H3,(H3,22,23)(H,24,26). The molecule has 1 rings (SSSR count). The molecule has 158 valence electrons. The number of guanidine groups is 1. The van der Waals surface area contributed by atoms with Crippen LogP contribution < -0.4 is 25.4 Å². The predicted octanol–water partition coefficient (Wildman–Crippen LogP) is 3.65. The fourth-order valence-electron chi connectivity index (χ4n) is 2.49. The van der Waals surface area contributed by atoms with Crippen LogP contribution >= 0.6 is 0 Å². The van der Waals surface area contributed by atoms with E-state index in [1.807, 2.05) is 0 Å². The number of alkyl halides is 6. The minimum atomic E-state index is -5.34. The van der Waals surface area contributed by atoms with Gasteiger partial charge in [-0.1, -0.05) is 13.8 Å². The summed E-state index contributed by atoms with van der Waals surface area (Å²) in [6.45, 7) is 2.82. The molecule has 0 radical (unpaired) electrons. The lowest BCUT2D eigenvalue weighted by molar-refractivity contribution is -0.287. The van der Waals surface area contributed by atoms with Crippen LogP contribution in [0.1, 0.15) is 25.0 Å². The number of benzene rings is 1. The van der Waals surface area contributed by atoms with Crippen LogP contribution in [0, 0.1) is 5.41 Å². The Labute approximate surface area is 155 Å². The molecule has 13 heteroatoms. The molecule has 28 heavy (non-hydrogen) atoms. The Balaban J connectivity index is 3.92. The third kappa shape index (κ3) is 5.57. The number of hydrogen-bond donors (Lipinski definition) is 3. The first kappa shape index (κ1) is 23.2. The molecule has 0 aliphatic rings. The van der Waals surface area contributed by atoms with Crippen molar-refractivity contribution >= 4 is 17.7 Å². The van der Waals surface area contributed by atoms with Crippen LogP contribution in [0.5, 0.6) is 11.5 Å². The van der Waals surface area contributed by atoms with Crippen LogP contribution in [0.4, 0.5) is 36.8 Å². The smallest absolute Gasteiger partial charge is 0.402 e. The summed E-state index contributed by atoms with van der Waals surface area (Å²) in [5.74, 6) is -3.34. The zero-order valence-electron chi connectivity index (χ0n) is 15.0. The number of hydrogen-bond acceptors (Lipinski definition) is 4. The molecular formula is C15H18F6N4O3. The molecule has 0 heterocycles. The summed E-state index contributed by atoms with van der Waals surface area (Å²) < 4.78 is 84.2. The molecule has 0 atom stereocenters. The molecule has 0 aromatic heterocycles. The highest BCUT2D eigenvalue weighted by molar-refractivity contribution is 6.15. The Bertz CT molecular complexity index is 749. The molecule has 0 aliphatic carbocycles. The average molecular weight is 416 g/mol. The lowest BCUT2D eigenvalue weighted by Crippen LogP contribution is -2.47. The Morgan fingerprint density at radius 1 is 1.14 bits per heavy atom. The van der Waals surface area contributed by atoms with Gasteiger partial charge in [-0.2, -0.15) is 0 Å². The number of aryl methyl sites for hydroxylation is 1. The van der Waals surface area contributed by atoms with Crippen molar-refractivity contribution in [2.45, 2.75) is 39.4 Å². The van der Waals surface area contributed by atoms with E-state index in [1.54, 1.807) is 0 Å².